The van der Waals surface area contributed by atoms with Crippen LogP contribution in [0.1, 0.15) is 24.0 Å². The molecule has 0 aliphatic heterocycles. The van der Waals surface area contributed by atoms with E-state index in [1.807, 2.05) is 12.1 Å². The molecule has 0 unspecified atom stereocenters. The zero-order chi connectivity index (χ0) is 8.39. The second-order valence-electron chi connectivity index (χ2n) is 3.12. The van der Waals surface area contributed by atoms with Crippen molar-refractivity contribution in [3.8, 4) is 0 Å². The molecule has 0 atom stereocenters. The van der Waals surface area contributed by atoms with Crippen molar-refractivity contribution < 1.29 is 5.11 Å². The van der Waals surface area contributed by atoms with Crippen LogP contribution in [0.2, 0.25) is 0 Å². The maximum Gasteiger partial charge on any atom is 0.0681 e. The van der Waals surface area contributed by atoms with Gasteiger partial charge in [0.2, 0.25) is 0 Å². The molecule has 1 aromatic carbocycles. The number of hydrogen-bond donors (Lipinski definition) is 1. The summed E-state index contributed by atoms with van der Waals surface area (Å²) in [7, 11) is 0. The third kappa shape index (κ3) is 1.28. The molecule has 0 radical (unpaired) electrons. The van der Waals surface area contributed by atoms with Gasteiger partial charge in [0.05, 0.1) is 6.61 Å². The standard InChI is InChI=1S/C11H12O/c12-8-9-4-6-11(7-5-9)10-2-1-3-10/h2,4-7,12H,1,3,8H2. The maximum atomic E-state index is 8.82. The van der Waals surface area contributed by atoms with Crippen molar-refractivity contribution in [3.63, 3.8) is 0 Å². The van der Waals surface area contributed by atoms with Gasteiger partial charge >= 0.3 is 0 Å². The molecule has 1 aliphatic rings. The fourth-order valence-corrected chi connectivity index (χ4v) is 1.38. The summed E-state index contributed by atoms with van der Waals surface area (Å²) in [6, 6.07) is 8.12. The first kappa shape index (κ1) is 7.56. The van der Waals surface area contributed by atoms with E-state index in [4.69, 9.17) is 5.11 Å². The molecule has 1 aliphatic carbocycles. The molecular formula is C11H12O. The number of aliphatic hydroxyl groups is 1. The number of benzene rings is 1. The summed E-state index contributed by atoms with van der Waals surface area (Å²) in [4.78, 5) is 0. The second-order valence-corrected chi connectivity index (χ2v) is 3.12. The van der Waals surface area contributed by atoms with E-state index in [1.54, 1.807) is 0 Å². The van der Waals surface area contributed by atoms with Gasteiger partial charge in [-0.05, 0) is 29.5 Å². The number of hydrogen-bond acceptors (Lipinski definition) is 1. The first-order valence-corrected chi connectivity index (χ1v) is 4.29. The quantitative estimate of drug-likeness (QED) is 0.704. The Kier molecular flexibility index (Phi) is 1.96. The molecule has 0 aromatic heterocycles. The van der Waals surface area contributed by atoms with Crippen LogP contribution in [0.25, 0.3) is 5.57 Å². The van der Waals surface area contributed by atoms with E-state index in [0.29, 0.717) is 0 Å². The molecular weight excluding hydrogens is 148 g/mol. The van der Waals surface area contributed by atoms with Gasteiger partial charge in [0.25, 0.3) is 0 Å². The van der Waals surface area contributed by atoms with Gasteiger partial charge in [-0.1, -0.05) is 30.3 Å². The van der Waals surface area contributed by atoms with Crippen molar-refractivity contribution >= 4 is 5.57 Å². The minimum atomic E-state index is 0.138. The maximum absolute atomic E-state index is 8.82. The van der Waals surface area contributed by atoms with Crippen LogP contribution in [0.3, 0.4) is 0 Å². The molecule has 0 saturated heterocycles. The van der Waals surface area contributed by atoms with E-state index in [9.17, 15) is 0 Å². The van der Waals surface area contributed by atoms with Crippen molar-refractivity contribution in [2.75, 3.05) is 0 Å². The number of allylic oxidation sites excluding steroid dienone is 2. The SMILES string of the molecule is OCc1ccc(C2=CCC2)cc1. The Morgan fingerprint density at radius 3 is 2.25 bits per heavy atom. The van der Waals surface area contributed by atoms with Gasteiger partial charge in [-0.3, -0.25) is 0 Å². The minimum absolute atomic E-state index is 0.138. The van der Waals surface area contributed by atoms with Gasteiger partial charge in [0.15, 0.2) is 0 Å². The van der Waals surface area contributed by atoms with Crippen molar-refractivity contribution in [1.29, 1.82) is 0 Å². The molecule has 0 heterocycles. The summed E-state index contributed by atoms with van der Waals surface area (Å²) in [5, 5.41) is 8.82. The summed E-state index contributed by atoms with van der Waals surface area (Å²) in [6.07, 6.45) is 4.68. The third-order valence-electron chi connectivity index (χ3n) is 2.31. The fourth-order valence-electron chi connectivity index (χ4n) is 1.38. The van der Waals surface area contributed by atoms with Crippen LogP contribution < -0.4 is 0 Å². The molecule has 0 bridgehead atoms. The van der Waals surface area contributed by atoms with Crippen molar-refractivity contribution in [3.05, 3.63) is 41.5 Å². The molecule has 0 spiro atoms. The summed E-state index contributed by atoms with van der Waals surface area (Å²) >= 11 is 0. The van der Waals surface area contributed by atoms with Gasteiger partial charge < -0.3 is 5.11 Å². The average molecular weight is 160 g/mol. The predicted octanol–water partition coefficient (Wildman–Crippen LogP) is 2.36. The fraction of sp³-hybridized carbons (Fsp3) is 0.273. The molecule has 12 heavy (non-hydrogen) atoms. The lowest BCUT2D eigenvalue weighted by Gasteiger charge is -2.14. The highest BCUT2D eigenvalue weighted by Gasteiger charge is 2.07. The van der Waals surface area contributed by atoms with E-state index in [0.717, 1.165) is 5.56 Å². The highest BCUT2D eigenvalue weighted by Crippen LogP contribution is 2.28. The van der Waals surface area contributed by atoms with Crippen molar-refractivity contribution in [1.82, 2.24) is 0 Å². The van der Waals surface area contributed by atoms with Crippen molar-refractivity contribution in [2.24, 2.45) is 0 Å². The normalized spacial score (nSPS) is 15.2. The van der Waals surface area contributed by atoms with Crippen LogP contribution in [0.4, 0.5) is 0 Å². The summed E-state index contributed by atoms with van der Waals surface area (Å²) in [6.45, 7) is 0.138. The lowest BCUT2D eigenvalue weighted by Crippen LogP contribution is -1.93. The molecule has 1 N–H and O–H groups in total. The highest BCUT2D eigenvalue weighted by molar-refractivity contribution is 5.69. The van der Waals surface area contributed by atoms with Gasteiger partial charge in [0.1, 0.15) is 0 Å². The molecule has 1 nitrogen and oxygen atoms in total. The highest BCUT2D eigenvalue weighted by atomic mass is 16.3. The van der Waals surface area contributed by atoms with Gasteiger partial charge in [-0.25, -0.2) is 0 Å². The Morgan fingerprint density at radius 2 is 1.83 bits per heavy atom. The summed E-state index contributed by atoms with van der Waals surface area (Å²) < 4.78 is 0. The van der Waals surface area contributed by atoms with Gasteiger partial charge in [-0.2, -0.15) is 0 Å². The molecule has 62 valence electrons. The summed E-state index contributed by atoms with van der Waals surface area (Å²) in [5.41, 5.74) is 3.73. The zero-order valence-corrected chi connectivity index (χ0v) is 6.96. The minimum Gasteiger partial charge on any atom is -0.392 e. The first-order chi connectivity index (χ1) is 5.90. The van der Waals surface area contributed by atoms with Crippen LogP contribution in [0, 0.1) is 0 Å². The molecule has 1 aromatic rings. The Balaban J connectivity index is 2.24. The van der Waals surface area contributed by atoms with Gasteiger partial charge in [0, 0.05) is 0 Å². The molecule has 0 saturated carbocycles. The van der Waals surface area contributed by atoms with Crippen molar-refractivity contribution in [2.45, 2.75) is 19.4 Å². The Hall–Kier alpha value is -1.08. The zero-order valence-electron chi connectivity index (χ0n) is 6.96. The molecule has 0 fully saturated rings. The third-order valence-corrected chi connectivity index (χ3v) is 2.31. The molecule has 0 amide bonds. The smallest absolute Gasteiger partial charge is 0.0681 e. The van der Waals surface area contributed by atoms with E-state index in [-0.39, 0.29) is 6.61 Å². The Labute approximate surface area is 72.4 Å². The molecule has 2 rings (SSSR count). The Morgan fingerprint density at radius 1 is 1.17 bits per heavy atom. The number of rotatable bonds is 2. The van der Waals surface area contributed by atoms with E-state index in [2.05, 4.69) is 18.2 Å². The van der Waals surface area contributed by atoms with E-state index >= 15 is 0 Å². The molecule has 1 heteroatoms. The van der Waals surface area contributed by atoms with E-state index in [1.165, 1.54) is 24.0 Å². The lowest BCUT2D eigenvalue weighted by molar-refractivity contribution is 0.282. The van der Waals surface area contributed by atoms with Gasteiger partial charge in [-0.15, -0.1) is 0 Å². The van der Waals surface area contributed by atoms with Crippen LogP contribution in [-0.4, -0.2) is 5.11 Å². The number of aliphatic hydroxyl groups excluding tert-OH is 1. The van der Waals surface area contributed by atoms with Crippen LogP contribution >= 0.6 is 0 Å². The summed E-state index contributed by atoms with van der Waals surface area (Å²) in [5.74, 6) is 0. The average Bonchev–Trinajstić information content (AvgIpc) is 2.03. The van der Waals surface area contributed by atoms with E-state index < -0.39 is 0 Å². The monoisotopic (exact) mass is 160 g/mol. The van der Waals surface area contributed by atoms with Crippen LogP contribution in [0.5, 0.6) is 0 Å². The van der Waals surface area contributed by atoms with Crippen LogP contribution in [0.15, 0.2) is 30.3 Å². The predicted molar refractivity (Wildman–Crippen MR) is 49.6 cm³/mol. The van der Waals surface area contributed by atoms with Crippen LogP contribution in [-0.2, 0) is 6.61 Å². The lowest BCUT2D eigenvalue weighted by atomic mass is 9.91. The largest absolute Gasteiger partial charge is 0.392 e. The first-order valence-electron chi connectivity index (χ1n) is 4.29. The topological polar surface area (TPSA) is 20.2 Å². The second kappa shape index (κ2) is 3.11. The Bertz CT molecular complexity index is 295.